The normalized spacial score (nSPS) is 10.7. The Hall–Kier alpha value is -0.396. The van der Waals surface area contributed by atoms with Crippen molar-refractivity contribution in [3.63, 3.8) is 0 Å². The van der Waals surface area contributed by atoms with E-state index in [1.54, 1.807) is 12.1 Å². The zero-order valence-corrected chi connectivity index (χ0v) is 18.2. The summed E-state index contributed by atoms with van der Waals surface area (Å²) in [7, 11) is -4.10. The van der Waals surface area contributed by atoms with Gasteiger partial charge in [0.05, 0.1) is 4.90 Å². The van der Waals surface area contributed by atoms with E-state index in [1.807, 2.05) is 6.07 Å². The number of hydrogen-bond acceptors (Lipinski definition) is 3. The van der Waals surface area contributed by atoms with Crippen LogP contribution in [-0.4, -0.2) is 16.7 Å². The first kappa shape index (κ1) is 25.6. The molecule has 0 unspecified atom stereocenters. The summed E-state index contributed by atoms with van der Waals surface area (Å²) in [5, 5.41) is 0. The first-order valence-corrected chi connectivity index (χ1v) is 12.3. The molecule has 0 atom stereocenters. The van der Waals surface area contributed by atoms with E-state index in [2.05, 4.69) is 6.92 Å². The monoisotopic (exact) mass is 421 g/mol. The van der Waals surface area contributed by atoms with Crippen LogP contribution in [0, 0.1) is 0 Å². The standard InChI is InChI=1S/C19H32O3S.H2O.O.Ti/c1-2-3-4-5-6-7-8-9-10-11-12-15-18-16-13-14-17-19(18)23(20,21)22;;;/h13-14,16-17H,2-12,15H2,1H3,(H,20,21,22);1H2;;/q;;;+1/p-1. The van der Waals surface area contributed by atoms with Crippen molar-refractivity contribution in [1.82, 2.24) is 0 Å². The van der Waals surface area contributed by atoms with Gasteiger partial charge in [-0.15, -0.1) is 0 Å². The van der Waals surface area contributed by atoms with Crippen molar-refractivity contribution < 1.29 is 39.5 Å². The van der Waals surface area contributed by atoms with Crippen LogP contribution in [0.15, 0.2) is 29.2 Å². The number of rotatable bonds is 13. The summed E-state index contributed by atoms with van der Waals surface area (Å²) in [4.78, 5) is 0.0621. The van der Waals surface area contributed by atoms with Crippen LogP contribution < -0.4 is 0 Å². The fourth-order valence-corrected chi connectivity index (χ4v) is 3.69. The first-order valence-electron chi connectivity index (χ1n) is 9.54. The van der Waals surface area contributed by atoms with Crippen molar-refractivity contribution in [2.24, 2.45) is 0 Å². The van der Waals surface area contributed by atoms with Gasteiger partial charge >= 0.3 is 26.5 Å². The molecule has 0 aliphatic carbocycles. The number of benzene rings is 1. The molecule has 1 aromatic carbocycles. The number of aryl methyl sites for hydroxylation is 1. The molecule has 149 valence electrons. The first-order chi connectivity index (χ1) is 12.5. The van der Waals surface area contributed by atoms with E-state index < -0.39 is 29.6 Å². The molecule has 0 bridgehead atoms. The van der Waals surface area contributed by atoms with Crippen LogP contribution in [0.25, 0.3) is 0 Å². The Kier molecular flexibility index (Phi) is 16.5. The topological polar surface area (TPSA) is 91.7 Å². The van der Waals surface area contributed by atoms with E-state index in [-0.39, 0.29) is 4.90 Å². The molecule has 0 amide bonds. The summed E-state index contributed by atoms with van der Waals surface area (Å²) in [5.41, 5.74) is 0.728. The minimum atomic E-state index is -4.10. The molecule has 0 radical (unpaired) electrons. The molecule has 0 saturated carbocycles. The van der Waals surface area contributed by atoms with Crippen molar-refractivity contribution in [1.29, 1.82) is 0 Å². The zero-order chi connectivity index (χ0) is 19.7. The molecule has 26 heavy (non-hydrogen) atoms. The average Bonchev–Trinajstić information content (AvgIpc) is 2.60. The van der Waals surface area contributed by atoms with E-state index in [1.165, 1.54) is 63.9 Å². The Balaban J connectivity index is 0.00000194. The van der Waals surface area contributed by atoms with Gasteiger partial charge in [0.2, 0.25) is 0 Å². The van der Waals surface area contributed by atoms with Crippen LogP contribution in [0.3, 0.4) is 0 Å². The Morgan fingerprint density at radius 3 is 1.73 bits per heavy atom. The van der Waals surface area contributed by atoms with Crippen molar-refractivity contribution >= 4 is 10.1 Å². The van der Waals surface area contributed by atoms with Crippen molar-refractivity contribution in [2.75, 3.05) is 0 Å². The summed E-state index contributed by atoms with van der Waals surface area (Å²) < 4.78 is 47.6. The molecule has 0 heterocycles. The Bertz CT molecular complexity index is 575. The number of hydrogen-bond donors (Lipinski definition) is 2. The van der Waals surface area contributed by atoms with Gasteiger partial charge in [0.25, 0.3) is 10.1 Å². The van der Waals surface area contributed by atoms with Crippen molar-refractivity contribution in [3.8, 4) is 0 Å². The third-order valence-electron chi connectivity index (χ3n) is 4.30. The second kappa shape index (κ2) is 16.8. The molecule has 0 saturated heterocycles. The van der Waals surface area contributed by atoms with Gasteiger partial charge in [0.1, 0.15) is 0 Å². The van der Waals surface area contributed by atoms with Crippen molar-refractivity contribution in [2.45, 2.75) is 88.9 Å². The second-order valence-electron chi connectivity index (χ2n) is 6.46. The van der Waals surface area contributed by atoms with Gasteiger partial charge in [-0.3, -0.25) is 4.55 Å². The Morgan fingerprint density at radius 1 is 0.846 bits per heavy atom. The molecule has 1 aromatic rings. The summed E-state index contributed by atoms with van der Waals surface area (Å²) in [6.45, 7) is 2.24. The van der Waals surface area contributed by atoms with Crippen LogP contribution in [0.4, 0.5) is 0 Å². The molecular formula is C19H33O5STi. The molecule has 5 nitrogen and oxygen atoms in total. The number of unbranched alkanes of at least 4 members (excludes halogenated alkanes) is 10. The molecule has 0 aromatic heterocycles. The van der Waals surface area contributed by atoms with Crippen LogP contribution in [0.2, 0.25) is 0 Å². The van der Waals surface area contributed by atoms with E-state index in [0.717, 1.165) is 18.4 Å². The van der Waals surface area contributed by atoms with E-state index in [9.17, 15) is 13.0 Å². The van der Waals surface area contributed by atoms with E-state index >= 15 is 0 Å². The maximum absolute atomic E-state index is 11.3. The second-order valence-corrected chi connectivity index (χ2v) is 8.13. The fraction of sp³-hybridized carbons (Fsp3) is 0.684. The van der Waals surface area contributed by atoms with Gasteiger partial charge in [0, 0.05) is 0 Å². The third kappa shape index (κ3) is 13.8. The summed E-state index contributed by atoms with van der Waals surface area (Å²) in [6, 6.07) is 6.73. The molecule has 0 spiro atoms. The van der Waals surface area contributed by atoms with Crippen LogP contribution >= 0.6 is 0 Å². The molecule has 0 aliphatic heterocycles. The zero-order valence-electron chi connectivity index (χ0n) is 15.8. The van der Waals surface area contributed by atoms with Gasteiger partial charge in [-0.05, 0) is 24.5 Å². The van der Waals surface area contributed by atoms with E-state index in [4.69, 9.17) is 7.01 Å². The summed E-state index contributed by atoms with van der Waals surface area (Å²) >= 11 is -1.75. The van der Waals surface area contributed by atoms with Gasteiger partial charge in [-0.1, -0.05) is 89.3 Å². The van der Waals surface area contributed by atoms with Gasteiger partial charge in [-0.25, -0.2) is 0 Å². The van der Waals surface area contributed by atoms with Crippen molar-refractivity contribution in [3.05, 3.63) is 29.8 Å². The molecular weight excluding hydrogens is 388 g/mol. The van der Waals surface area contributed by atoms with Crippen LogP contribution in [0.1, 0.15) is 83.1 Å². The quantitative estimate of drug-likeness (QED) is 0.262. The maximum atomic E-state index is 11.3. The van der Waals surface area contributed by atoms with Crippen LogP contribution in [-0.2, 0) is 39.4 Å². The SMILES string of the molecule is CCCCCCCCCCCCCc1ccccc1S(=O)(=O)O.[O]=[Ti][OH]. The minimum absolute atomic E-state index is 0.0621. The Labute approximate surface area is 168 Å². The molecule has 1 rings (SSSR count). The molecule has 7 heteroatoms. The summed E-state index contributed by atoms with van der Waals surface area (Å²) in [5.74, 6) is 0. The Morgan fingerprint density at radius 2 is 1.27 bits per heavy atom. The van der Waals surface area contributed by atoms with E-state index in [0.29, 0.717) is 6.42 Å². The molecule has 2 N–H and O–H groups in total. The van der Waals surface area contributed by atoms with Crippen LogP contribution in [0.5, 0.6) is 0 Å². The van der Waals surface area contributed by atoms with Gasteiger partial charge < -0.3 is 0 Å². The predicted molar refractivity (Wildman–Crippen MR) is 99.3 cm³/mol. The van der Waals surface area contributed by atoms with Gasteiger partial charge in [0.15, 0.2) is 0 Å². The fourth-order valence-electron chi connectivity index (χ4n) is 2.94. The molecule has 0 aliphatic rings. The average molecular weight is 421 g/mol. The third-order valence-corrected chi connectivity index (χ3v) is 5.25. The van der Waals surface area contributed by atoms with Gasteiger partial charge in [-0.2, -0.15) is 8.42 Å². The molecule has 0 fully saturated rings. The predicted octanol–water partition coefficient (Wildman–Crippen LogP) is 5.11. The summed E-state index contributed by atoms with van der Waals surface area (Å²) in [6.07, 6.45) is 14.7.